The highest BCUT2D eigenvalue weighted by atomic mass is 19.1. The van der Waals surface area contributed by atoms with Crippen LogP contribution < -0.4 is 0 Å². The van der Waals surface area contributed by atoms with Crippen LogP contribution in [0.3, 0.4) is 0 Å². The number of halogens is 1. The van der Waals surface area contributed by atoms with Gasteiger partial charge in [0, 0.05) is 12.3 Å². The Balaban J connectivity index is 2.69. The first kappa shape index (κ1) is 12.9. The summed E-state index contributed by atoms with van der Waals surface area (Å²) in [7, 11) is 0. The smallest absolute Gasteiger partial charge is 0.136 e. The normalized spacial score (nSPS) is 27.4. The molecule has 0 bridgehead atoms. The van der Waals surface area contributed by atoms with Gasteiger partial charge in [0.05, 0.1) is 0 Å². The molecule has 2 unspecified atom stereocenters. The molecule has 1 saturated carbocycles. The Morgan fingerprint density at radius 1 is 1.44 bits per heavy atom. The number of ketones is 1. The molecule has 0 aliphatic heterocycles. The van der Waals surface area contributed by atoms with Crippen LogP contribution >= 0.6 is 0 Å². The fourth-order valence-corrected chi connectivity index (χ4v) is 2.10. The lowest BCUT2D eigenvalue weighted by Crippen LogP contribution is -2.23. The van der Waals surface area contributed by atoms with Gasteiger partial charge in [0.2, 0.25) is 0 Å². The van der Waals surface area contributed by atoms with Crippen LogP contribution in [-0.2, 0) is 4.79 Å². The van der Waals surface area contributed by atoms with Gasteiger partial charge in [0.1, 0.15) is 11.6 Å². The van der Waals surface area contributed by atoms with Crippen LogP contribution in [0.1, 0.15) is 33.1 Å². The molecule has 0 heterocycles. The number of rotatable bonds is 3. The van der Waals surface area contributed by atoms with Crippen molar-refractivity contribution in [3.63, 3.8) is 0 Å². The molecule has 0 aromatic rings. The van der Waals surface area contributed by atoms with Crippen molar-refractivity contribution in [3.8, 4) is 0 Å². The third-order valence-corrected chi connectivity index (χ3v) is 3.21. The average molecular weight is 222 g/mol. The van der Waals surface area contributed by atoms with Gasteiger partial charge in [-0.2, -0.15) is 0 Å². The monoisotopic (exact) mass is 222 g/mol. The summed E-state index contributed by atoms with van der Waals surface area (Å²) >= 11 is 0. The van der Waals surface area contributed by atoms with Crippen LogP contribution in [0.4, 0.5) is 4.39 Å². The van der Waals surface area contributed by atoms with Gasteiger partial charge < -0.3 is 0 Å². The maximum absolute atomic E-state index is 12.5. The van der Waals surface area contributed by atoms with Crippen LogP contribution in [0, 0.1) is 11.8 Å². The van der Waals surface area contributed by atoms with Crippen LogP contribution in [0.2, 0.25) is 0 Å². The van der Waals surface area contributed by atoms with E-state index in [1.807, 2.05) is 19.9 Å². The zero-order valence-electron chi connectivity index (χ0n) is 10.0. The van der Waals surface area contributed by atoms with E-state index < -0.39 is 5.83 Å². The Bertz CT molecular complexity index is 339. The van der Waals surface area contributed by atoms with E-state index in [0.29, 0.717) is 12.2 Å². The number of allylic oxidation sites excluding steroid dienone is 5. The number of Topliss-reactive ketones (excluding diaryl/α,β-unsaturated/α-hetero) is 1. The minimum Gasteiger partial charge on any atom is -0.299 e. The van der Waals surface area contributed by atoms with Gasteiger partial charge in [-0.05, 0) is 37.3 Å². The fraction of sp³-hybridized carbons (Fsp3) is 0.500. The zero-order valence-corrected chi connectivity index (χ0v) is 10.0. The summed E-state index contributed by atoms with van der Waals surface area (Å²) in [4.78, 5) is 11.6. The van der Waals surface area contributed by atoms with Crippen molar-refractivity contribution in [2.75, 3.05) is 0 Å². The Kier molecular flexibility index (Phi) is 4.66. The van der Waals surface area contributed by atoms with E-state index in [4.69, 9.17) is 0 Å². The third-order valence-electron chi connectivity index (χ3n) is 3.21. The SMILES string of the molecule is C=C(F)/C=C\C(=C/C)C1CCC(C)C(=O)C1. The quantitative estimate of drug-likeness (QED) is 0.660. The molecule has 16 heavy (non-hydrogen) atoms. The summed E-state index contributed by atoms with van der Waals surface area (Å²) in [6.07, 6.45) is 7.58. The Morgan fingerprint density at radius 2 is 2.12 bits per heavy atom. The van der Waals surface area contributed by atoms with Crippen LogP contribution in [0.15, 0.2) is 36.2 Å². The van der Waals surface area contributed by atoms with Gasteiger partial charge in [-0.15, -0.1) is 0 Å². The molecule has 1 nitrogen and oxygen atoms in total. The molecule has 0 amide bonds. The predicted molar refractivity (Wildman–Crippen MR) is 64.7 cm³/mol. The highest BCUT2D eigenvalue weighted by Gasteiger charge is 2.26. The molecule has 1 aliphatic rings. The first-order valence-corrected chi connectivity index (χ1v) is 5.76. The number of carbonyl (C=O) groups is 1. The van der Waals surface area contributed by atoms with Crippen molar-refractivity contribution in [3.05, 3.63) is 36.2 Å². The Labute approximate surface area is 96.7 Å². The summed E-state index contributed by atoms with van der Waals surface area (Å²) < 4.78 is 12.5. The molecule has 1 aliphatic carbocycles. The van der Waals surface area contributed by atoms with Crippen LogP contribution in [-0.4, -0.2) is 5.78 Å². The van der Waals surface area contributed by atoms with Gasteiger partial charge in [-0.25, -0.2) is 4.39 Å². The molecule has 1 fully saturated rings. The number of hydrogen-bond acceptors (Lipinski definition) is 1. The summed E-state index contributed by atoms with van der Waals surface area (Å²) in [5.41, 5.74) is 1.04. The van der Waals surface area contributed by atoms with Gasteiger partial charge in [0.25, 0.3) is 0 Å². The summed E-state index contributed by atoms with van der Waals surface area (Å²) in [6.45, 7) is 7.09. The molecule has 2 heteroatoms. The molecular weight excluding hydrogens is 203 g/mol. The van der Waals surface area contributed by atoms with E-state index in [1.54, 1.807) is 6.08 Å². The van der Waals surface area contributed by atoms with E-state index in [2.05, 4.69) is 6.58 Å². The van der Waals surface area contributed by atoms with Crippen molar-refractivity contribution >= 4 is 5.78 Å². The maximum Gasteiger partial charge on any atom is 0.136 e. The van der Waals surface area contributed by atoms with E-state index in [9.17, 15) is 9.18 Å². The Morgan fingerprint density at radius 3 is 2.62 bits per heavy atom. The average Bonchev–Trinajstić information content (AvgIpc) is 2.23. The van der Waals surface area contributed by atoms with Gasteiger partial charge in [-0.1, -0.05) is 25.7 Å². The second kappa shape index (κ2) is 5.78. The summed E-state index contributed by atoms with van der Waals surface area (Å²) in [6, 6.07) is 0. The fourth-order valence-electron chi connectivity index (χ4n) is 2.10. The molecule has 0 aromatic heterocycles. The summed E-state index contributed by atoms with van der Waals surface area (Å²) in [5.74, 6) is 0.316. The Hall–Kier alpha value is -1.18. The van der Waals surface area contributed by atoms with E-state index in [0.717, 1.165) is 18.4 Å². The third kappa shape index (κ3) is 3.44. The standard InChI is InChI=1S/C14H19FO/c1-4-12(8-6-11(3)15)13-7-5-10(2)14(16)9-13/h4,6,8,10,13H,3,5,7,9H2,1-2H3/b8-6-,12-4+. The predicted octanol–water partition coefficient (Wildman–Crippen LogP) is 3.98. The lowest BCUT2D eigenvalue weighted by molar-refractivity contribution is -0.124. The maximum atomic E-state index is 12.5. The minimum absolute atomic E-state index is 0.189. The van der Waals surface area contributed by atoms with Crippen molar-refractivity contribution in [2.24, 2.45) is 11.8 Å². The number of carbonyl (C=O) groups excluding carboxylic acids is 1. The molecule has 1 rings (SSSR count). The molecule has 0 N–H and O–H groups in total. The lowest BCUT2D eigenvalue weighted by atomic mass is 9.78. The molecule has 2 atom stereocenters. The number of hydrogen-bond donors (Lipinski definition) is 0. The van der Waals surface area contributed by atoms with Gasteiger partial charge >= 0.3 is 0 Å². The zero-order chi connectivity index (χ0) is 12.1. The second-order valence-electron chi connectivity index (χ2n) is 4.41. The minimum atomic E-state index is -0.449. The second-order valence-corrected chi connectivity index (χ2v) is 4.41. The first-order valence-electron chi connectivity index (χ1n) is 5.76. The van der Waals surface area contributed by atoms with Crippen LogP contribution in [0.5, 0.6) is 0 Å². The molecular formula is C14H19FO. The van der Waals surface area contributed by atoms with E-state index >= 15 is 0 Å². The molecule has 0 saturated heterocycles. The molecule has 0 radical (unpaired) electrons. The van der Waals surface area contributed by atoms with Crippen molar-refractivity contribution in [1.82, 2.24) is 0 Å². The highest BCUT2D eigenvalue weighted by Crippen LogP contribution is 2.31. The van der Waals surface area contributed by atoms with Crippen molar-refractivity contribution < 1.29 is 9.18 Å². The van der Waals surface area contributed by atoms with Crippen molar-refractivity contribution in [2.45, 2.75) is 33.1 Å². The van der Waals surface area contributed by atoms with Crippen molar-refractivity contribution in [1.29, 1.82) is 0 Å². The largest absolute Gasteiger partial charge is 0.299 e. The van der Waals surface area contributed by atoms with Gasteiger partial charge in [0.15, 0.2) is 0 Å². The van der Waals surface area contributed by atoms with Crippen LogP contribution in [0.25, 0.3) is 0 Å². The highest BCUT2D eigenvalue weighted by molar-refractivity contribution is 5.82. The van der Waals surface area contributed by atoms with E-state index in [1.165, 1.54) is 6.08 Å². The lowest BCUT2D eigenvalue weighted by Gasteiger charge is -2.26. The molecule has 0 aromatic carbocycles. The molecule has 0 spiro atoms. The summed E-state index contributed by atoms with van der Waals surface area (Å²) in [5, 5.41) is 0. The topological polar surface area (TPSA) is 17.1 Å². The van der Waals surface area contributed by atoms with Gasteiger partial charge in [-0.3, -0.25) is 4.79 Å². The molecule has 88 valence electrons. The first-order chi connectivity index (χ1) is 7.54. The van der Waals surface area contributed by atoms with E-state index in [-0.39, 0.29) is 11.8 Å².